The molecular weight excluding hydrogens is 434 g/mol. The SMILES string of the molecule is COc1cc([C@@H]2Nc3ccc(Br)cc3[C@H](c3ccccc3)O2)cc(OC)c1OC. The van der Waals surface area contributed by atoms with Crippen LogP contribution in [0.1, 0.15) is 29.0 Å². The lowest BCUT2D eigenvalue weighted by Crippen LogP contribution is -2.25. The molecule has 0 saturated carbocycles. The number of fused-ring (bicyclic) bond motifs is 1. The summed E-state index contributed by atoms with van der Waals surface area (Å²) in [6, 6.07) is 20.2. The molecule has 4 rings (SSSR count). The molecule has 0 aliphatic carbocycles. The molecule has 1 aliphatic heterocycles. The third-order valence-electron chi connectivity index (χ3n) is 4.95. The lowest BCUT2D eigenvalue weighted by Gasteiger charge is -2.34. The Morgan fingerprint density at radius 1 is 0.828 bits per heavy atom. The molecule has 0 radical (unpaired) electrons. The Morgan fingerprint density at radius 2 is 1.52 bits per heavy atom. The minimum atomic E-state index is -0.386. The van der Waals surface area contributed by atoms with Gasteiger partial charge in [-0.1, -0.05) is 46.3 Å². The van der Waals surface area contributed by atoms with Crippen molar-refractivity contribution in [3.8, 4) is 17.2 Å². The van der Waals surface area contributed by atoms with Gasteiger partial charge in [-0.15, -0.1) is 0 Å². The van der Waals surface area contributed by atoms with Crippen LogP contribution in [0.2, 0.25) is 0 Å². The highest BCUT2D eigenvalue weighted by molar-refractivity contribution is 9.10. The van der Waals surface area contributed by atoms with Gasteiger partial charge in [-0.3, -0.25) is 0 Å². The van der Waals surface area contributed by atoms with Crippen molar-refractivity contribution < 1.29 is 18.9 Å². The van der Waals surface area contributed by atoms with E-state index < -0.39 is 0 Å². The van der Waals surface area contributed by atoms with Crippen LogP contribution in [0.15, 0.2) is 65.1 Å². The van der Waals surface area contributed by atoms with Gasteiger partial charge in [-0.05, 0) is 35.9 Å². The Labute approximate surface area is 178 Å². The molecule has 1 heterocycles. The molecule has 5 nitrogen and oxygen atoms in total. The van der Waals surface area contributed by atoms with E-state index in [1.165, 1.54) is 0 Å². The normalized spacial score (nSPS) is 17.8. The number of methoxy groups -OCH3 is 3. The minimum absolute atomic E-state index is 0.214. The third kappa shape index (κ3) is 3.78. The van der Waals surface area contributed by atoms with Crippen molar-refractivity contribution in [3.63, 3.8) is 0 Å². The van der Waals surface area contributed by atoms with Gasteiger partial charge >= 0.3 is 0 Å². The van der Waals surface area contributed by atoms with E-state index in [1.54, 1.807) is 21.3 Å². The van der Waals surface area contributed by atoms with Gasteiger partial charge < -0.3 is 24.3 Å². The molecule has 0 aromatic heterocycles. The number of rotatable bonds is 5. The van der Waals surface area contributed by atoms with Crippen LogP contribution in [0.5, 0.6) is 17.2 Å². The highest BCUT2D eigenvalue weighted by Crippen LogP contribution is 2.45. The molecule has 3 aromatic carbocycles. The second-order valence-corrected chi connectivity index (χ2v) is 7.56. The van der Waals surface area contributed by atoms with Gasteiger partial charge in [0.25, 0.3) is 0 Å². The lowest BCUT2D eigenvalue weighted by molar-refractivity contribution is 0.0154. The molecule has 6 heteroatoms. The van der Waals surface area contributed by atoms with E-state index in [4.69, 9.17) is 18.9 Å². The Bertz CT molecular complexity index is 984. The summed E-state index contributed by atoms with van der Waals surface area (Å²) in [6.07, 6.45) is -0.600. The van der Waals surface area contributed by atoms with Gasteiger partial charge in [-0.2, -0.15) is 0 Å². The molecule has 150 valence electrons. The molecule has 0 unspecified atom stereocenters. The molecule has 29 heavy (non-hydrogen) atoms. The zero-order chi connectivity index (χ0) is 20.4. The van der Waals surface area contributed by atoms with Crippen LogP contribution in [0.25, 0.3) is 0 Å². The van der Waals surface area contributed by atoms with Gasteiger partial charge in [0.15, 0.2) is 17.7 Å². The third-order valence-corrected chi connectivity index (χ3v) is 5.44. The van der Waals surface area contributed by atoms with Crippen molar-refractivity contribution in [2.75, 3.05) is 26.6 Å². The topological polar surface area (TPSA) is 49.0 Å². The van der Waals surface area contributed by atoms with Crippen molar-refractivity contribution in [1.29, 1.82) is 0 Å². The van der Waals surface area contributed by atoms with Gasteiger partial charge in [0, 0.05) is 21.3 Å². The smallest absolute Gasteiger partial charge is 0.203 e. The summed E-state index contributed by atoms with van der Waals surface area (Å²) >= 11 is 3.57. The molecule has 0 fully saturated rings. The fraction of sp³-hybridized carbons (Fsp3) is 0.217. The molecule has 0 bridgehead atoms. The van der Waals surface area contributed by atoms with E-state index in [0.29, 0.717) is 17.2 Å². The molecule has 0 amide bonds. The maximum atomic E-state index is 6.53. The van der Waals surface area contributed by atoms with Gasteiger partial charge in [0.05, 0.1) is 21.3 Å². The van der Waals surface area contributed by atoms with Crippen LogP contribution in [0, 0.1) is 0 Å². The van der Waals surface area contributed by atoms with Gasteiger partial charge in [0.1, 0.15) is 6.10 Å². The largest absolute Gasteiger partial charge is 0.493 e. The number of nitrogens with one attached hydrogen (secondary N) is 1. The zero-order valence-corrected chi connectivity index (χ0v) is 18.0. The maximum Gasteiger partial charge on any atom is 0.203 e. The minimum Gasteiger partial charge on any atom is -0.493 e. The van der Waals surface area contributed by atoms with Crippen LogP contribution in [-0.4, -0.2) is 21.3 Å². The van der Waals surface area contributed by atoms with Crippen LogP contribution >= 0.6 is 15.9 Å². The Balaban J connectivity index is 1.79. The number of halogens is 1. The summed E-state index contributed by atoms with van der Waals surface area (Å²) in [5, 5.41) is 3.49. The van der Waals surface area contributed by atoms with Crippen molar-refractivity contribution >= 4 is 21.6 Å². The Hall–Kier alpha value is -2.70. The summed E-state index contributed by atoms with van der Waals surface area (Å²) in [5.41, 5.74) is 4.07. The van der Waals surface area contributed by atoms with E-state index in [0.717, 1.165) is 26.9 Å². The lowest BCUT2D eigenvalue weighted by atomic mass is 9.97. The molecule has 0 saturated heterocycles. The van der Waals surface area contributed by atoms with E-state index in [1.807, 2.05) is 36.4 Å². The van der Waals surface area contributed by atoms with E-state index >= 15 is 0 Å². The first-order chi connectivity index (χ1) is 14.1. The standard InChI is InChI=1S/C23H22BrNO4/c1-26-19-11-15(12-20(27-2)22(19)28-3)23-25-18-10-9-16(24)13-17(18)21(29-23)14-7-5-4-6-8-14/h4-13,21,23,25H,1-3H3/t21-,23+/m0/s1. The molecule has 1 N–H and O–H groups in total. The molecule has 2 atom stereocenters. The number of hydrogen-bond acceptors (Lipinski definition) is 5. The second kappa shape index (κ2) is 8.35. The fourth-order valence-corrected chi connectivity index (χ4v) is 3.95. The highest BCUT2D eigenvalue weighted by Gasteiger charge is 2.30. The molecule has 0 spiro atoms. The first-order valence-electron chi connectivity index (χ1n) is 9.21. The molecule has 3 aromatic rings. The van der Waals surface area contributed by atoms with Crippen LogP contribution < -0.4 is 19.5 Å². The molecule has 1 aliphatic rings. The first-order valence-corrected chi connectivity index (χ1v) is 10.00. The fourth-order valence-electron chi connectivity index (χ4n) is 3.57. The van der Waals surface area contributed by atoms with Gasteiger partial charge in [0.2, 0.25) is 5.75 Å². The Kier molecular flexibility index (Phi) is 5.65. The number of ether oxygens (including phenoxy) is 4. The van der Waals surface area contributed by atoms with Crippen molar-refractivity contribution in [3.05, 3.63) is 81.8 Å². The summed E-state index contributed by atoms with van der Waals surface area (Å²) in [6.45, 7) is 0. The van der Waals surface area contributed by atoms with E-state index in [-0.39, 0.29) is 12.3 Å². The van der Waals surface area contributed by atoms with Crippen molar-refractivity contribution in [2.45, 2.75) is 12.3 Å². The molecular formula is C23H22BrNO4. The zero-order valence-electron chi connectivity index (χ0n) is 16.4. The average Bonchev–Trinajstić information content (AvgIpc) is 2.77. The maximum absolute atomic E-state index is 6.53. The van der Waals surface area contributed by atoms with Crippen LogP contribution in [-0.2, 0) is 4.74 Å². The van der Waals surface area contributed by atoms with Gasteiger partial charge in [-0.25, -0.2) is 0 Å². The summed E-state index contributed by atoms with van der Waals surface area (Å²) in [7, 11) is 4.81. The number of benzene rings is 3. The second-order valence-electron chi connectivity index (χ2n) is 6.64. The monoisotopic (exact) mass is 455 g/mol. The Morgan fingerprint density at radius 3 is 2.14 bits per heavy atom. The first kappa shape index (κ1) is 19.6. The number of anilines is 1. The van der Waals surface area contributed by atoms with Crippen molar-refractivity contribution in [1.82, 2.24) is 0 Å². The van der Waals surface area contributed by atoms with E-state index in [2.05, 4.69) is 45.5 Å². The number of hydrogen-bond donors (Lipinski definition) is 1. The van der Waals surface area contributed by atoms with E-state index in [9.17, 15) is 0 Å². The van der Waals surface area contributed by atoms with Crippen LogP contribution in [0.3, 0.4) is 0 Å². The van der Waals surface area contributed by atoms with Crippen LogP contribution in [0.4, 0.5) is 5.69 Å². The average molecular weight is 456 g/mol. The predicted octanol–water partition coefficient (Wildman–Crippen LogP) is 5.71. The van der Waals surface area contributed by atoms with Crippen molar-refractivity contribution in [2.24, 2.45) is 0 Å². The summed E-state index contributed by atoms with van der Waals surface area (Å²) in [4.78, 5) is 0. The summed E-state index contributed by atoms with van der Waals surface area (Å²) < 4.78 is 24.0. The highest BCUT2D eigenvalue weighted by atomic mass is 79.9. The predicted molar refractivity (Wildman–Crippen MR) is 116 cm³/mol. The summed E-state index contributed by atoms with van der Waals surface area (Å²) in [5.74, 6) is 1.73. The quantitative estimate of drug-likeness (QED) is 0.534.